The number of benzene rings is 2. The highest BCUT2D eigenvalue weighted by atomic mass is 16.6. The van der Waals surface area contributed by atoms with Crippen LogP contribution in [-0.2, 0) is 0 Å². The molecule has 1 aliphatic rings. The first-order valence-corrected chi connectivity index (χ1v) is 7.03. The summed E-state index contributed by atoms with van der Waals surface area (Å²) in [5, 5.41) is 14.1. The fourth-order valence-corrected chi connectivity index (χ4v) is 2.31. The Labute approximate surface area is 132 Å². The topological polar surface area (TPSA) is 90.7 Å². The van der Waals surface area contributed by atoms with Crippen LogP contribution < -0.4 is 14.8 Å². The molecule has 0 radical (unpaired) electrons. The van der Waals surface area contributed by atoms with Crippen LogP contribution in [0, 0.1) is 10.1 Å². The fraction of sp³-hybridized carbons (Fsp3) is 0.188. The molecule has 0 aromatic heterocycles. The van der Waals surface area contributed by atoms with Gasteiger partial charge in [0.05, 0.1) is 11.5 Å². The molecule has 2 aromatic rings. The molecule has 1 N–H and O–H groups in total. The van der Waals surface area contributed by atoms with Gasteiger partial charge in [-0.05, 0) is 24.3 Å². The Bertz CT molecular complexity index is 747. The van der Waals surface area contributed by atoms with Gasteiger partial charge in [-0.3, -0.25) is 14.9 Å². The van der Waals surface area contributed by atoms with Gasteiger partial charge in [-0.25, -0.2) is 0 Å². The van der Waals surface area contributed by atoms with E-state index in [2.05, 4.69) is 5.32 Å². The van der Waals surface area contributed by atoms with Gasteiger partial charge in [-0.2, -0.15) is 0 Å². The summed E-state index contributed by atoms with van der Waals surface area (Å²) in [5.74, 6) is 1.33. The molecular weight excluding hydrogens is 300 g/mol. The van der Waals surface area contributed by atoms with Gasteiger partial charge in [0.25, 0.3) is 5.69 Å². The number of nitrogens with one attached hydrogen (secondary N) is 1. The third kappa shape index (κ3) is 3.23. The van der Waals surface area contributed by atoms with Crippen molar-refractivity contribution in [2.45, 2.75) is 6.10 Å². The van der Waals surface area contributed by atoms with Crippen molar-refractivity contribution in [1.29, 1.82) is 0 Å². The Morgan fingerprint density at radius 2 is 2.04 bits per heavy atom. The first-order valence-electron chi connectivity index (χ1n) is 7.03. The number of hydrogen-bond acceptors (Lipinski definition) is 6. The Hall–Kier alpha value is -3.09. The largest absolute Gasteiger partial charge is 0.486 e. The Morgan fingerprint density at radius 3 is 2.78 bits per heavy atom. The number of rotatable bonds is 5. The van der Waals surface area contributed by atoms with Crippen molar-refractivity contribution >= 4 is 17.7 Å². The maximum atomic E-state index is 11.1. The summed E-state index contributed by atoms with van der Waals surface area (Å²) >= 11 is 0. The molecule has 0 amide bonds. The number of ether oxygens (including phenoxy) is 2. The van der Waals surface area contributed by atoms with Gasteiger partial charge in [0.15, 0.2) is 11.5 Å². The summed E-state index contributed by atoms with van der Waals surface area (Å²) in [6, 6.07) is 11.6. The number of fused-ring (bicyclic) bond motifs is 1. The van der Waals surface area contributed by atoms with E-state index in [4.69, 9.17) is 9.47 Å². The van der Waals surface area contributed by atoms with Crippen molar-refractivity contribution < 1.29 is 19.2 Å². The van der Waals surface area contributed by atoms with Crippen molar-refractivity contribution in [3.8, 4) is 11.5 Å². The predicted octanol–water partition coefficient (Wildman–Crippen LogP) is 2.66. The molecule has 1 aliphatic heterocycles. The lowest BCUT2D eigenvalue weighted by Gasteiger charge is -2.26. The average molecular weight is 314 g/mol. The van der Waals surface area contributed by atoms with Gasteiger partial charge in [0.2, 0.25) is 0 Å². The third-order valence-electron chi connectivity index (χ3n) is 3.44. The minimum absolute atomic E-state index is 0.147. The molecular formula is C16H14N2O5. The lowest BCUT2D eigenvalue weighted by Crippen LogP contribution is -2.35. The van der Waals surface area contributed by atoms with Crippen molar-refractivity contribution in [3.63, 3.8) is 0 Å². The summed E-state index contributed by atoms with van der Waals surface area (Å²) in [7, 11) is 0. The average Bonchev–Trinajstić information content (AvgIpc) is 2.59. The van der Waals surface area contributed by atoms with Crippen LogP contribution >= 0.6 is 0 Å². The van der Waals surface area contributed by atoms with Crippen molar-refractivity contribution in [2.75, 3.05) is 18.5 Å². The number of nitro groups is 1. The zero-order valence-corrected chi connectivity index (χ0v) is 12.1. The highest BCUT2D eigenvalue weighted by Gasteiger charge is 2.22. The lowest BCUT2D eigenvalue weighted by atomic mass is 10.2. The quantitative estimate of drug-likeness (QED) is 0.518. The molecule has 23 heavy (non-hydrogen) atoms. The second-order valence-corrected chi connectivity index (χ2v) is 5.03. The van der Waals surface area contributed by atoms with Crippen LogP contribution in [0.5, 0.6) is 11.5 Å². The standard InChI is InChI=1S/C16H14N2O5/c19-9-11-5-6-13(14(7-11)18(20)21)17-8-12-10-22-15-3-1-2-4-16(15)23-12/h1-7,9,12,17H,8,10H2/t12-/m0/s1. The summed E-state index contributed by atoms with van der Waals surface area (Å²) in [6.45, 7) is 0.694. The van der Waals surface area contributed by atoms with Gasteiger partial charge in [-0.15, -0.1) is 0 Å². The summed E-state index contributed by atoms with van der Waals surface area (Å²) in [5.41, 5.74) is 0.447. The van der Waals surface area contributed by atoms with E-state index in [0.717, 1.165) is 0 Å². The molecule has 7 nitrogen and oxygen atoms in total. The van der Waals surface area contributed by atoms with Gasteiger partial charge < -0.3 is 14.8 Å². The van der Waals surface area contributed by atoms with E-state index < -0.39 is 4.92 Å². The van der Waals surface area contributed by atoms with Crippen LogP contribution in [0.25, 0.3) is 0 Å². The molecule has 0 bridgehead atoms. The van der Waals surface area contributed by atoms with Gasteiger partial charge in [-0.1, -0.05) is 12.1 Å². The van der Waals surface area contributed by atoms with E-state index in [0.29, 0.717) is 36.6 Å². The molecule has 118 valence electrons. The Balaban J connectivity index is 1.70. The number of carbonyl (C=O) groups excluding carboxylic acids is 1. The van der Waals surface area contributed by atoms with Gasteiger partial charge in [0, 0.05) is 11.6 Å². The van der Waals surface area contributed by atoms with Gasteiger partial charge in [0.1, 0.15) is 24.7 Å². The van der Waals surface area contributed by atoms with Crippen molar-refractivity contribution in [1.82, 2.24) is 0 Å². The molecule has 0 unspecified atom stereocenters. The number of nitro benzene ring substituents is 1. The molecule has 0 saturated heterocycles. The molecule has 3 rings (SSSR count). The molecule has 1 atom stereocenters. The molecule has 0 fully saturated rings. The van der Waals surface area contributed by atoms with Crippen molar-refractivity contribution in [3.05, 3.63) is 58.1 Å². The first kappa shape index (κ1) is 14.8. The van der Waals surface area contributed by atoms with E-state index in [1.807, 2.05) is 24.3 Å². The van der Waals surface area contributed by atoms with Crippen LogP contribution in [0.4, 0.5) is 11.4 Å². The zero-order chi connectivity index (χ0) is 16.2. The van der Waals surface area contributed by atoms with Gasteiger partial charge >= 0.3 is 0 Å². The molecule has 7 heteroatoms. The number of anilines is 1. The van der Waals surface area contributed by atoms with Crippen LogP contribution in [0.1, 0.15) is 10.4 Å². The Morgan fingerprint density at radius 1 is 1.26 bits per heavy atom. The number of aldehydes is 1. The third-order valence-corrected chi connectivity index (χ3v) is 3.44. The number of hydrogen-bond donors (Lipinski definition) is 1. The highest BCUT2D eigenvalue weighted by Crippen LogP contribution is 2.31. The number of nitrogens with zero attached hydrogens (tertiary/aromatic N) is 1. The van der Waals surface area contributed by atoms with E-state index in [9.17, 15) is 14.9 Å². The fourth-order valence-electron chi connectivity index (χ4n) is 2.31. The second-order valence-electron chi connectivity index (χ2n) is 5.03. The molecule has 2 aromatic carbocycles. The van der Waals surface area contributed by atoms with E-state index in [-0.39, 0.29) is 17.4 Å². The zero-order valence-electron chi connectivity index (χ0n) is 12.1. The molecule has 0 saturated carbocycles. The maximum Gasteiger partial charge on any atom is 0.293 e. The Kier molecular flexibility index (Phi) is 4.09. The second kappa shape index (κ2) is 6.35. The van der Waals surface area contributed by atoms with Crippen LogP contribution in [0.2, 0.25) is 0 Å². The molecule has 1 heterocycles. The molecule has 0 spiro atoms. The normalized spacial score (nSPS) is 15.7. The lowest BCUT2D eigenvalue weighted by molar-refractivity contribution is -0.384. The minimum Gasteiger partial charge on any atom is -0.486 e. The molecule has 0 aliphatic carbocycles. The predicted molar refractivity (Wildman–Crippen MR) is 83.3 cm³/mol. The number of carbonyl (C=O) groups is 1. The number of para-hydroxylation sites is 2. The summed E-state index contributed by atoms with van der Waals surface area (Å²) in [6.07, 6.45) is 0.307. The SMILES string of the molecule is O=Cc1ccc(NC[C@H]2COc3ccccc3O2)c([N+](=O)[O-])c1. The maximum absolute atomic E-state index is 11.1. The monoisotopic (exact) mass is 314 g/mol. The van der Waals surface area contributed by atoms with Crippen LogP contribution in [-0.4, -0.2) is 30.5 Å². The van der Waals surface area contributed by atoms with Crippen LogP contribution in [0.15, 0.2) is 42.5 Å². The highest BCUT2D eigenvalue weighted by molar-refractivity contribution is 5.79. The van der Waals surface area contributed by atoms with E-state index >= 15 is 0 Å². The smallest absolute Gasteiger partial charge is 0.293 e. The summed E-state index contributed by atoms with van der Waals surface area (Å²) in [4.78, 5) is 21.3. The minimum atomic E-state index is -0.525. The summed E-state index contributed by atoms with van der Waals surface area (Å²) < 4.78 is 11.4. The van der Waals surface area contributed by atoms with E-state index in [1.165, 1.54) is 18.2 Å². The van der Waals surface area contributed by atoms with Crippen molar-refractivity contribution in [2.24, 2.45) is 0 Å². The first-order chi connectivity index (χ1) is 11.2. The van der Waals surface area contributed by atoms with E-state index in [1.54, 1.807) is 0 Å². The van der Waals surface area contributed by atoms with Crippen LogP contribution in [0.3, 0.4) is 0 Å².